The Labute approximate surface area is 134 Å². The maximum absolute atomic E-state index is 12.3. The van der Waals surface area contributed by atoms with Gasteiger partial charge in [0.25, 0.3) is 5.91 Å². The minimum Gasteiger partial charge on any atom is -0.465 e. The Bertz CT molecular complexity index is 720. The van der Waals surface area contributed by atoms with Crippen LogP contribution in [0.25, 0.3) is 0 Å². The fourth-order valence-corrected chi connectivity index (χ4v) is 2.33. The van der Waals surface area contributed by atoms with E-state index < -0.39 is 5.97 Å². The number of halogens is 1. The summed E-state index contributed by atoms with van der Waals surface area (Å²) in [7, 11) is 1.30. The van der Waals surface area contributed by atoms with Crippen LogP contribution in [0.4, 0.5) is 5.69 Å². The molecule has 0 bridgehead atoms. The van der Waals surface area contributed by atoms with Gasteiger partial charge in [0, 0.05) is 5.56 Å². The van der Waals surface area contributed by atoms with E-state index in [-0.39, 0.29) is 5.91 Å². The molecule has 0 atom stereocenters. The Kier molecular flexibility index (Phi) is 4.83. The predicted octanol–water partition coefficient (Wildman–Crippen LogP) is 4.00. The Hall–Kier alpha value is -2.33. The van der Waals surface area contributed by atoms with Crippen LogP contribution in [0.1, 0.15) is 31.8 Å². The molecule has 0 aliphatic carbocycles. The van der Waals surface area contributed by atoms with Gasteiger partial charge in [-0.1, -0.05) is 28.8 Å². The van der Waals surface area contributed by atoms with Gasteiger partial charge in [-0.05, 0) is 44.2 Å². The lowest BCUT2D eigenvalue weighted by Gasteiger charge is -2.10. The molecule has 1 amide bonds. The van der Waals surface area contributed by atoms with Crippen molar-refractivity contribution in [2.24, 2.45) is 0 Å². The van der Waals surface area contributed by atoms with E-state index in [4.69, 9.17) is 11.6 Å². The molecule has 5 heteroatoms. The second kappa shape index (κ2) is 6.62. The Morgan fingerprint density at radius 3 is 2.23 bits per heavy atom. The fraction of sp³-hybridized carbons (Fsp3) is 0.176. The molecule has 0 fully saturated rings. The lowest BCUT2D eigenvalue weighted by molar-refractivity contribution is 0.0600. The maximum Gasteiger partial charge on any atom is 0.337 e. The van der Waals surface area contributed by atoms with Gasteiger partial charge in [-0.3, -0.25) is 4.79 Å². The normalized spacial score (nSPS) is 10.2. The summed E-state index contributed by atoms with van der Waals surface area (Å²) in [5, 5.41) is 3.07. The number of nitrogens with one attached hydrogen (secondary N) is 1. The van der Waals surface area contributed by atoms with Crippen LogP contribution in [0.2, 0.25) is 5.02 Å². The SMILES string of the molecule is COC(=O)c1ccc(Cl)c(NC(=O)c2cc(C)cc(C)c2)c1. The Morgan fingerprint density at radius 2 is 1.64 bits per heavy atom. The second-order valence-electron chi connectivity index (χ2n) is 5.02. The van der Waals surface area contributed by atoms with E-state index in [1.807, 2.05) is 19.9 Å². The number of benzene rings is 2. The van der Waals surface area contributed by atoms with Crippen molar-refractivity contribution in [3.8, 4) is 0 Å². The van der Waals surface area contributed by atoms with E-state index in [1.54, 1.807) is 24.3 Å². The molecule has 0 aliphatic heterocycles. The van der Waals surface area contributed by atoms with Crippen LogP contribution in [0.3, 0.4) is 0 Å². The van der Waals surface area contributed by atoms with Crippen molar-refractivity contribution in [2.45, 2.75) is 13.8 Å². The minimum atomic E-state index is -0.487. The molecule has 0 spiro atoms. The van der Waals surface area contributed by atoms with Gasteiger partial charge in [-0.15, -0.1) is 0 Å². The summed E-state index contributed by atoms with van der Waals surface area (Å²) in [6.07, 6.45) is 0. The summed E-state index contributed by atoms with van der Waals surface area (Å²) >= 11 is 6.07. The molecule has 0 heterocycles. The second-order valence-corrected chi connectivity index (χ2v) is 5.42. The molecule has 2 aromatic rings. The fourth-order valence-electron chi connectivity index (χ4n) is 2.17. The van der Waals surface area contributed by atoms with Crippen molar-refractivity contribution in [3.05, 3.63) is 63.7 Å². The highest BCUT2D eigenvalue weighted by Crippen LogP contribution is 2.24. The number of ether oxygens (including phenoxy) is 1. The highest BCUT2D eigenvalue weighted by atomic mass is 35.5. The van der Waals surface area contributed by atoms with Crippen LogP contribution in [-0.2, 0) is 4.74 Å². The van der Waals surface area contributed by atoms with Crippen molar-refractivity contribution in [1.82, 2.24) is 0 Å². The molecular weight excluding hydrogens is 302 g/mol. The molecule has 0 saturated heterocycles. The van der Waals surface area contributed by atoms with Gasteiger partial charge in [0.1, 0.15) is 0 Å². The number of hydrogen-bond donors (Lipinski definition) is 1. The third-order valence-electron chi connectivity index (χ3n) is 3.12. The summed E-state index contributed by atoms with van der Waals surface area (Å²) in [6, 6.07) is 10.2. The number of hydrogen-bond acceptors (Lipinski definition) is 3. The largest absolute Gasteiger partial charge is 0.465 e. The topological polar surface area (TPSA) is 55.4 Å². The first-order valence-corrected chi connectivity index (χ1v) is 7.06. The molecular formula is C17H16ClNO3. The van der Waals surface area contributed by atoms with E-state index in [0.29, 0.717) is 21.8 Å². The van der Waals surface area contributed by atoms with Crippen LogP contribution in [0.5, 0.6) is 0 Å². The molecule has 22 heavy (non-hydrogen) atoms. The molecule has 114 valence electrons. The zero-order valence-electron chi connectivity index (χ0n) is 12.6. The highest BCUT2D eigenvalue weighted by Gasteiger charge is 2.13. The number of amides is 1. The van der Waals surface area contributed by atoms with Gasteiger partial charge in [0.05, 0.1) is 23.4 Å². The van der Waals surface area contributed by atoms with Crippen LogP contribution >= 0.6 is 11.6 Å². The van der Waals surface area contributed by atoms with E-state index in [2.05, 4.69) is 10.1 Å². The van der Waals surface area contributed by atoms with E-state index in [1.165, 1.54) is 13.2 Å². The molecule has 0 unspecified atom stereocenters. The van der Waals surface area contributed by atoms with Crippen LogP contribution in [0, 0.1) is 13.8 Å². The zero-order valence-corrected chi connectivity index (χ0v) is 13.3. The van der Waals surface area contributed by atoms with E-state index >= 15 is 0 Å². The van der Waals surface area contributed by atoms with Gasteiger partial charge < -0.3 is 10.1 Å². The summed E-state index contributed by atoms with van der Waals surface area (Å²) in [5.74, 6) is -0.769. The van der Waals surface area contributed by atoms with Crippen molar-refractivity contribution in [3.63, 3.8) is 0 Å². The lowest BCUT2D eigenvalue weighted by atomic mass is 10.1. The molecule has 2 aromatic carbocycles. The highest BCUT2D eigenvalue weighted by molar-refractivity contribution is 6.34. The smallest absolute Gasteiger partial charge is 0.337 e. The number of carbonyl (C=O) groups excluding carboxylic acids is 2. The first-order chi connectivity index (χ1) is 10.4. The minimum absolute atomic E-state index is 0.282. The molecule has 4 nitrogen and oxygen atoms in total. The van der Waals surface area contributed by atoms with Crippen molar-refractivity contribution in [1.29, 1.82) is 0 Å². The zero-order chi connectivity index (χ0) is 16.3. The van der Waals surface area contributed by atoms with Gasteiger partial charge in [-0.2, -0.15) is 0 Å². The molecule has 0 aromatic heterocycles. The molecule has 1 N–H and O–H groups in total. The van der Waals surface area contributed by atoms with Gasteiger partial charge in [0.2, 0.25) is 0 Å². The standard InChI is InChI=1S/C17H16ClNO3/c1-10-6-11(2)8-13(7-10)16(20)19-15-9-12(17(21)22-3)4-5-14(15)18/h4-9H,1-3H3,(H,19,20). The van der Waals surface area contributed by atoms with Crippen molar-refractivity contribution in [2.75, 3.05) is 12.4 Å². The van der Waals surface area contributed by atoms with Crippen molar-refractivity contribution < 1.29 is 14.3 Å². The maximum atomic E-state index is 12.3. The van der Waals surface area contributed by atoms with Gasteiger partial charge >= 0.3 is 5.97 Å². The quantitative estimate of drug-likeness (QED) is 0.871. The van der Waals surface area contributed by atoms with Crippen LogP contribution < -0.4 is 5.32 Å². The van der Waals surface area contributed by atoms with Crippen LogP contribution in [0.15, 0.2) is 36.4 Å². The molecule has 0 saturated carbocycles. The van der Waals surface area contributed by atoms with Crippen molar-refractivity contribution >= 4 is 29.2 Å². The third kappa shape index (κ3) is 3.65. The summed E-state index contributed by atoms with van der Waals surface area (Å²) < 4.78 is 4.66. The van der Waals surface area contributed by atoms with Gasteiger partial charge in [0.15, 0.2) is 0 Å². The lowest BCUT2D eigenvalue weighted by Crippen LogP contribution is -2.13. The predicted molar refractivity (Wildman–Crippen MR) is 86.7 cm³/mol. The Morgan fingerprint density at radius 1 is 1.00 bits per heavy atom. The molecule has 2 rings (SSSR count). The molecule has 0 aliphatic rings. The summed E-state index contributed by atoms with van der Waals surface area (Å²) in [4.78, 5) is 23.9. The molecule has 0 radical (unpaired) electrons. The number of aryl methyl sites for hydroxylation is 2. The first-order valence-electron chi connectivity index (χ1n) is 6.68. The van der Waals surface area contributed by atoms with E-state index in [0.717, 1.165) is 11.1 Å². The average molecular weight is 318 g/mol. The summed E-state index contributed by atoms with van der Waals surface area (Å²) in [5.41, 5.74) is 3.23. The third-order valence-corrected chi connectivity index (χ3v) is 3.45. The number of rotatable bonds is 3. The number of carbonyl (C=O) groups is 2. The number of methoxy groups -OCH3 is 1. The van der Waals surface area contributed by atoms with Gasteiger partial charge in [-0.25, -0.2) is 4.79 Å². The number of anilines is 1. The summed E-state index contributed by atoms with van der Waals surface area (Å²) in [6.45, 7) is 3.85. The Balaban J connectivity index is 2.29. The monoisotopic (exact) mass is 317 g/mol. The van der Waals surface area contributed by atoms with Crippen LogP contribution in [-0.4, -0.2) is 19.0 Å². The van der Waals surface area contributed by atoms with E-state index in [9.17, 15) is 9.59 Å². The first kappa shape index (κ1) is 16.0. The average Bonchev–Trinajstić information content (AvgIpc) is 2.47. The number of esters is 1.